The molecule has 1 unspecified atom stereocenters. The standard InChI is InChI=1S/C14H26N2O4/c1-14(2,12(17)18)11-6-5-7-16(10-11)13(19)15(3)8-9-20-4/h11H,5-10H2,1-4H3,(H,17,18). The average molecular weight is 286 g/mol. The molecule has 0 bridgehead atoms. The Bertz CT molecular complexity index is 357. The fourth-order valence-electron chi connectivity index (χ4n) is 2.48. The smallest absolute Gasteiger partial charge is 0.319 e. The molecule has 1 saturated heterocycles. The van der Waals surface area contributed by atoms with Gasteiger partial charge in [-0.15, -0.1) is 0 Å². The number of likely N-dealkylation sites (N-methyl/N-ethyl adjacent to an activating group) is 1. The van der Waals surface area contributed by atoms with E-state index >= 15 is 0 Å². The quantitative estimate of drug-likeness (QED) is 0.831. The predicted octanol–water partition coefficient (Wildman–Crippen LogP) is 1.51. The number of piperidine rings is 1. The molecule has 1 aliphatic heterocycles. The van der Waals surface area contributed by atoms with Crippen LogP contribution in [0.5, 0.6) is 0 Å². The number of ether oxygens (including phenoxy) is 1. The van der Waals surface area contributed by atoms with Gasteiger partial charge in [0, 0.05) is 33.8 Å². The lowest BCUT2D eigenvalue weighted by molar-refractivity contribution is -0.151. The molecule has 0 aromatic heterocycles. The van der Waals surface area contributed by atoms with Gasteiger partial charge in [-0.1, -0.05) is 0 Å². The largest absolute Gasteiger partial charge is 0.481 e. The van der Waals surface area contributed by atoms with Crippen molar-refractivity contribution in [1.29, 1.82) is 0 Å². The Morgan fingerprint density at radius 3 is 2.65 bits per heavy atom. The molecule has 0 saturated carbocycles. The Kier molecular flexibility index (Phi) is 5.80. The van der Waals surface area contributed by atoms with Gasteiger partial charge in [-0.05, 0) is 32.6 Å². The Morgan fingerprint density at radius 1 is 1.45 bits per heavy atom. The highest BCUT2D eigenvalue weighted by Crippen LogP contribution is 2.34. The molecule has 6 heteroatoms. The van der Waals surface area contributed by atoms with Gasteiger partial charge in [-0.3, -0.25) is 4.79 Å². The number of hydrogen-bond donors (Lipinski definition) is 1. The van der Waals surface area contributed by atoms with E-state index < -0.39 is 11.4 Å². The normalized spacial score (nSPS) is 19.8. The molecule has 2 amide bonds. The number of carbonyl (C=O) groups is 2. The minimum atomic E-state index is -0.802. The van der Waals surface area contributed by atoms with E-state index in [4.69, 9.17) is 4.74 Å². The summed E-state index contributed by atoms with van der Waals surface area (Å²) >= 11 is 0. The summed E-state index contributed by atoms with van der Waals surface area (Å²) < 4.78 is 4.97. The van der Waals surface area contributed by atoms with Crippen LogP contribution in [0.4, 0.5) is 4.79 Å². The Balaban J connectivity index is 2.65. The summed E-state index contributed by atoms with van der Waals surface area (Å²) in [6.45, 7) is 5.72. The summed E-state index contributed by atoms with van der Waals surface area (Å²) in [6.07, 6.45) is 1.70. The van der Waals surface area contributed by atoms with E-state index in [9.17, 15) is 14.7 Å². The monoisotopic (exact) mass is 286 g/mol. The molecule has 0 aliphatic carbocycles. The lowest BCUT2D eigenvalue weighted by Gasteiger charge is -2.40. The number of carboxylic acids is 1. The van der Waals surface area contributed by atoms with Crippen molar-refractivity contribution in [1.82, 2.24) is 9.80 Å². The zero-order valence-corrected chi connectivity index (χ0v) is 12.9. The Morgan fingerprint density at radius 2 is 2.10 bits per heavy atom. The van der Waals surface area contributed by atoms with E-state index in [0.29, 0.717) is 26.2 Å². The number of carboxylic acid groups (broad SMARTS) is 1. The van der Waals surface area contributed by atoms with Crippen LogP contribution in [0, 0.1) is 11.3 Å². The number of carbonyl (C=O) groups excluding carboxylic acids is 1. The van der Waals surface area contributed by atoms with Crippen molar-refractivity contribution >= 4 is 12.0 Å². The topological polar surface area (TPSA) is 70.1 Å². The van der Waals surface area contributed by atoms with Crippen LogP contribution < -0.4 is 0 Å². The van der Waals surface area contributed by atoms with E-state index in [1.165, 1.54) is 0 Å². The van der Waals surface area contributed by atoms with Crippen molar-refractivity contribution < 1.29 is 19.4 Å². The van der Waals surface area contributed by atoms with Crippen molar-refractivity contribution in [2.45, 2.75) is 26.7 Å². The van der Waals surface area contributed by atoms with Crippen LogP contribution >= 0.6 is 0 Å². The van der Waals surface area contributed by atoms with Gasteiger partial charge >= 0.3 is 12.0 Å². The summed E-state index contributed by atoms with van der Waals surface area (Å²) in [6, 6.07) is -0.0482. The molecule has 1 N–H and O–H groups in total. The van der Waals surface area contributed by atoms with Gasteiger partial charge in [0.05, 0.1) is 12.0 Å². The van der Waals surface area contributed by atoms with Crippen molar-refractivity contribution in [3.8, 4) is 0 Å². The minimum Gasteiger partial charge on any atom is -0.481 e. The first-order chi connectivity index (χ1) is 9.30. The summed E-state index contributed by atoms with van der Waals surface area (Å²) in [5.41, 5.74) is -0.802. The summed E-state index contributed by atoms with van der Waals surface area (Å²) in [7, 11) is 3.35. The highest BCUT2D eigenvalue weighted by molar-refractivity contribution is 5.76. The van der Waals surface area contributed by atoms with Crippen LogP contribution in [0.15, 0.2) is 0 Å². The fourth-order valence-corrected chi connectivity index (χ4v) is 2.48. The minimum absolute atomic E-state index is 0.00600. The summed E-state index contributed by atoms with van der Waals surface area (Å²) in [5.74, 6) is -0.807. The fraction of sp³-hybridized carbons (Fsp3) is 0.857. The molecule has 0 aromatic carbocycles. The molecule has 1 atom stereocenters. The van der Waals surface area contributed by atoms with E-state index in [0.717, 1.165) is 12.8 Å². The van der Waals surface area contributed by atoms with Gasteiger partial charge in [0.1, 0.15) is 0 Å². The third kappa shape index (κ3) is 3.85. The molecular formula is C14H26N2O4. The van der Waals surface area contributed by atoms with Gasteiger partial charge in [0.2, 0.25) is 0 Å². The molecule has 1 rings (SSSR count). The second-order valence-electron chi connectivity index (χ2n) is 6.01. The molecule has 116 valence electrons. The second kappa shape index (κ2) is 6.92. The number of urea groups is 1. The summed E-state index contributed by atoms with van der Waals surface area (Å²) in [4.78, 5) is 27.0. The zero-order chi connectivity index (χ0) is 15.3. The lowest BCUT2D eigenvalue weighted by Crippen LogP contribution is -2.50. The molecular weight excluding hydrogens is 260 g/mol. The SMILES string of the molecule is COCCN(C)C(=O)N1CCCC(C(C)(C)C(=O)O)C1. The molecule has 0 radical (unpaired) electrons. The van der Waals surface area contributed by atoms with Crippen LogP contribution in [0.2, 0.25) is 0 Å². The number of nitrogens with zero attached hydrogens (tertiary/aromatic N) is 2. The third-order valence-electron chi connectivity index (χ3n) is 4.22. The number of rotatable bonds is 5. The second-order valence-corrected chi connectivity index (χ2v) is 6.01. The molecule has 1 fully saturated rings. The van der Waals surface area contributed by atoms with Gasteiger partial charge in [0.15, 0.2) is 0 Å². The molecule has 20 heavy (non-hydrogen) atoms. The molecule has 1 aliphatic rings. The van der Waals surface area contributed by atoms with Gasteiger partial charge in [0.25, 0.3) is 0 Å². The van der Waals surface area contributed by atoms with Gasteiger partial charge in [-0.25, -0.2) is 4.79 Å². The molecule has 1 heterocycles. The third-order valence-corrected chi connectivity index (χ3v) is 4.22. The number of likely N-dealkylation sites (tertiary alicyclic amines) is 1. The maximum Gasteiger partial charge on any atom is 0.319 e. The number of hydrogen-bond acceptors (Lipinski definition) is 3. The van der Waals surface area contributed by atoms with Crippen LogP contribution in [-0.4, -0.2) is 67.3 Å². The Hall–Kier alpha value is -1.30. The van der Waals surface area contributed by atoms with E-state index in [-0.39, 0.29) is 11.9 Å². The van der Waals surface area contributed by atoms with Crippen LogP contribution in [-0.2, 0) is 9.53 Å². The van der Waals surface area contributed by atoms with E-state index in [1.807, 2.05) is 0 Å². The zero-order valence-electron chi connectivity index (χ0n) is 12.9. The number of aliphatic carboxylic acids is 1. The first-order valence-electron chi connectivity index (χ1n) is 7.03. The maximum atomic E-state index is 12.3. The molecule has 0 spiro atoms. The van der Waals surface area contributed by atoms with Gasteiger partial charge < -0.3 is 19.6 Å². The lowest BCUT2D eigenvalue weighted by atomic mass is 9.74. The van der Waals surface area contributed by atoms with Crippen LogP contribution in [0.1, 0.15) is 26.7 Å². The van der Waals surface area contributed by atoms with Crippen molar-refractivity contribution in [2.24, 2.45) is 11.3 Å². The maximum absolute atomic E-state index is 12.3. The van der Waals surface area contributed by atoms with Crippen LogP contribution in [0.3, 0.4) is 0 Å². The number of methoxy groups -OCH3 is 1. The average Bonchev–Trinajstić information content (AvgIpc) is 2.43. The van der Waals surface area contributed by atoms with E-state index in [2.05, 4.69) is 0 Å². The molecule has 0 aromatic rings. The Labute approximate surface area is 120 Å². The van der Waals surface area contributed by atoms with Crippen molar-refractivity contribution in [3.63, 3.8) is 0 Å². The van der Waals surface area contributed by atoms with Crippen molar-refractivity contribution in [3.05, 3.63) is 0 Å². The highest BCUT2D eigenvalue weighted by Gasteiger charge is 2.40. The predicted molar refractivity (Wildman–Crippen MR) is 75.6 cm³/mol. The number of amides is 2. The summed E-state index contributed by atoms with van der Waals surface area (Å²) in [5, 5.41) is 9.31. The first kappa shape index (κ1) is 16.8. The van der Waals surface area contributed by atoms with Crippen molar-refractivity contribution in [2.75, 3.05) is 40.4 Å². The first-order valence-corrected chi connectivity index (χ1v) is 7.03. The van der Waals surface area contributed by atoms with Crippen LogP contribution in [0.25, 0.3) is 0 Å². The van der Waals surface area contributed by atoms with E-state index in [1.54, 1.807) is 37.8 Å². The highest BCUT2D eigenvalue weighted by atomic mass is 16.5. The van der Waals surface area contributed by atoms with Gasteiger partial charge in [-0.2, -0.15) is 0 Å². The molecule has 6 nitrogen and oxygen atoms in total.